The Morgan fingerprint density at radius 1 is 1.40 bits per heavy atom. The lowest BCUT2D eigenvalue weighted by atomic mass is 10.1. The summed E-state index contributed by atoms with van der Waals surface area (Å²) in [6.45, 7) is 2.66. The molecule has 1 aromatic carbocycles. The van der Waals surface area contributed by atoms with E-state index in [9.17, 15) is 14.7 Å². The van der Waals surface area contributed by atoms with Crippen LogP contribution in [0, 0.1) is 4.77 Å². The van der Waals surface area contributed by atoms with E-state index in [4.69, 9.17) is 12.2 Å². The summed E-state index contributed by atoms with van der Waals surface area (Å²) in [5, 5.41) is 11.3. The average Bonchev–Trinajstić information content (AvgIpc) is 2.41. The van der Waals surface area contributed by atoms with Crippen LogP contribution in [0.15, 0.2) is 23.0 Å². The minimum absolute atomic E-state index is 0.0197. The molecule has 1 N–H and O–H groups in total. The number of aromatic amines is 1. The molecule has 1 aromatic heterocycles. The summed E-state index contributed by atoms with van der Waals surface area (Å²) in [4.78, 5) is 26.1. The summed E-state index contributed by atoms with van der Waals surface area (Å²) in [5.74, 6) is -1.28. The number of unbranched alkanes of at least 4 members (excludes halogenated alkanes) is 2. The van der Waals surface area contributed by atoms with E-state index in [0.29, 0.717) is 22.2 Å². The lowest BCUT2D eigenvalue weighted by Crippen LogP contribution is -2.24. The number of carboxylic acid groups (broad SMARTS) is 1. The van der Waals surface area contributed by atoms with Crippen LogP contribution in [0.4, 0.5) is 0 Å². The summed E-state index contributed by atoms with van der Waals surface area (Å²) in [5.41, 5.74) is 0.254. The van der Waals surface area contributed by atoms with Crippen molar-refractivity contribution in [2.24, 2.45) is 0 Å². The molecule has 0 atom stereocenters. The molecule has 0 spiro atoms. The molecule has 106 valence electrons. The number of fused-ring (bicyclic) bond motifs is 1. The van der Waals surface area contributed by atoms with Gasteiger partial charge in [-0.2, -0.15) is 0 Å². The summed E-state index contributed by atoms with van der Waals surface area (Å²) in [7, 11) is 0. The van der Waals surface area contributed by atoms with E-state index in [1.165, 1.54) is 22.8 Å². The molecule has 0 aliphatic rings. The van der Waals surface area contributed by atoms with Crippen LogP contribution < -0.4 is 10.7 Å². The molecular formula is C14H15N2O3S-. The number of carbonyl (C=O) groups excluding carboxylic acids is 1. The molecular weight excluding hydrogens is 276 g/mol. The van der Waals surface area contributed by atoms with Crippen LogP contribution >= 0.6 is 12.2 Å². The first-order valence-electron chi connectivity index (χ1n) is 6.53. The third kappa shape index (κ3) is 2.80. The van der Waals surface area contributed by atoms with Crippen molar-refractivity contribution in [3.8, 4) is 0 Å². The number of hydrogen-bond donors (Lipinski definition) is 1. The van der Waals surface area contributed by atoms with Gasteiger partial charge in [-0.25, -0.2) is 0 Å². The zero-order valence-corrected chi connectivity index (χ0v) is 12.0. The van der Waals surface area contributed by atoms with Crippen LogP contribution in [0.5, 0.6) is 0 Å². The number of H-pyrrole nitrogens is 1. The maximum absolute atomic E-state index is 12.3. The molecule has 0 bridgehead atoms. The van der Waals surface area contributed by atoms with E-state index in [1.807, 2.05) is 0 Å². The van der Waals surface area contributed by atoms with Crippen molar-refractivity contribution in [1.82, 2.24) is 9.55 Å². The molecule has 0 aliphatic carbocycles. The first-order chi connectivity index (χ1) is 9.54. The predicted molar refractivity (Wildman–Crippen MR) is 77.2 cm³/mol. The van der Waals surface area contributed by atoms with Gasteiger partial charge >= 0.3 is 0 Å². The molecule has 20 heavy (non-hydrogen) atoms. The fourth-order valence-corrected chi connectivity index (χ4v) is 2.39. The highest BCUT2D eigenvalue weighted by Gasteiger charge is 2.06. The number of benzene rings is 1. The van der Waals surface area contributed by atoms with Crippen LogP contribution in [-0.2, 0) is 6.54 Å². The van der Waals surface area contributed by atoms with Crippen LogP contribution in [0.25, 0.3) is 10.9 Å². The van der Waals surface area contributed by atoms with Gasteiger partial charge in [-0.3, -0.25) is 9.36 Å². The van der Waals surface area contributed by atoms with Gasteiger partial charge in [-0.05, 0) is 36.3 Å². The van der Waals surface area contributed by atoms with Gasteiger partial charge < -0.3 is 14.9 Å². The zero-order valence-electron chi connectivity index (χ0n) is 11.1. The van der Waals surface area contributed by atoms with Gasteiger partial charge in [0.2, 0.25) is 0 Å². The monoisotopic (exact) mass is 291 g/mol. The zero-order chi connectivity index (χ0) is 14.7. The van der Waals surface area contributed by atoms with Gasteiger partial charge in [0.25, 0.3) is 5.56 Å². The highest BCUT2D eigenvalue weighted by atomic mass is 32.1. The fraction of sp³-hybridized carbons (Fsp3) is 0.357. The molecule has 0 radical (unpaired) electrons. The highest BCUT2D eigenvalue weighted by molar-refractivity contribution is 7.71. The van der Waals surface area contributed by atoms with E-state index < -0.39 is 5.97 Å². The van der Waals surface area contributed by atoms with Gasteiger partial charge in [0.1, 0.15) is 0 Å². The molecule has 2 aromatic rings. The summed E-state index contributed by atoms with van der Waals surface area (Å²) in [6, 6.07) is 4.23. The Morgan fingerprint density at radius 2 is 2.15 bits per heavy atom. The summed E-state index contributed by atoms with van der Waals surface area (Å²) < 4.78 is 1.83. The average molecular weight is 291 g/mol. The van der Waals surface area contributed by atoms with Crippen LogP contribution in [0.3, 0.4) is 0 Å². The van der Waals surface area contributed by atoms with Crippen molar-refractivity contribution >= 4 is 29.1 Å². The number of rotatable bonds is 5. The SMILES string of the molecule is CCCCCn1c(=S)[nH]c2cc(C(=O)[O-])ccc2c1=O. The minimum Gasteiger partial charge on any atom is -0.545 e. The Balaban J connectivity index is 2.53. The lowest BCUT2D eigenvalue weighted by molar-refractivity contribution is -0.255. The maximum Gasteiger partial charge on any atom is 0.262 e. The Kier molecular flexibility index (Phi) is 4.34. The van der Waals surface area contributed by atoms with Crippen LogP contribution in [0.2, 0.25) is 0 Å². The highest BCUT2D eigenvalue weighted by Crippen LogP contribution is 2.10. The number of aromatic carboxylic acids is 1. The third-order valence-electron chi connectivity index (χ3n) is 3.20. The largest absolute Gasteiger partial charge is 0.545 e. The van der Waals surface area contributed by atoms with E-state index in [2.05, 4.69) is 11.9 Å². The van der Waals surface area contributed by atoms with Gasteiger partial charge in [-0.15, -0.1) is 0 Å². The van der Waals surface area contributed by atoms with Gasteiger partial charge in [0.15, 0.2) is 4.77 Å². The number of nitrogens with zero attached hydrogens (tertiary/aromatic N) is 1. The van der Waals surface area contributed by atoms with Crippen molar-refractivity contribution < 1.29 is 9.90 Å². The Morgan fingerprint density at radius 3 is 2.80 bits per heavy atom. The second-order valence-corrected chi connectivity index (χ2v) is 5.03. The molecule has 0 saturated heterocycles. The Bertz CT molecular complexity index is 761. The lowest BCUT2D eigenvalue weighted by Gasteiger charge is -2.09. The topological polar surface area (TPSA) is 77.9 Å². The number of hydrogen-bond acceptors (Lipinski definition) is 4. The Labute approximate surface area is 120 Å². The summed E-state index contributed by atoms with van der Waals surface area (Å²) in [6.07, 6.45) is 2.98. The molecule has 5 nitrogen and oxygen atoms in total. The molecule has 0 fully saturated rings. The second-order valence-electron chi connectivity index (χ2n) is 4.64. The Hall–Kier alpha value is -1.95. The van der Waals surface area contributed by atoms with E-state index in [1.54, 1.807) is 0 Å². The first-order valence-corrected chi connectivity index (χ1v) is 6.93. The molecule has 2 rings (SSSR count). The third-order valence-corrected chi connectivity index (χ3v) is 3.53. The van der Waals surface area contributed by atoms with E-state index in [0.717, 1.165) is 19.3 Å². The molecule has 1 heterocycles. The summed E-state index contributed by atoms with van der Waals surface area (Å²) >= 11 is 5.17. The van der Waals surface area contributed by atoms with Crippen molar-refractivity contribution in [3.05, 3.63) is 38.9 Å². The standard InChI is InChI=1S/C14H16N2O3S/c1-2-3-4-7-16-12(17)10-6-5-9(13(18)19)8-11(10)15-14(16)20/h5-6,8H,2-4,7H2,1H3,(H,15,20)(H,18,19)/p-1. The van der Waals surface area contributed by atoms with Crippen LogP contribution in [0.1, 0.15) is 36.5 Å². The smallest absolute Gasteiger partial charge is 0.262 e. The van der Waals surface area contributed by atoms with E-state index >= 15 is 0 Å². The van der Waals surface area contributed by atoms with Crippen molar-refractivity contribution in [2.75, 3.05) is 0 Å². The quantitative estimate of drug-likeness (QED) is 0.670. The number of nitrogens with one attached hydrogen (secondary N) is 1. The molecule has 6 heteroatoms. The predicted octanol–water partition coefficient (Wildman–Crippen LogP) is 1.61. The van der Waals surface area contributed by atoms with Gasteiger partial charge in [0.05, 0.1) is 16.9 Å². The van der Waals surface area contributed by atoms with Gasteiger partial charge in [-0.1, -0.05) is 25.8 Å². The number of carboxylic acids is 1. The van der Waals surface area contributed by atoms with Gasteiger partial charge in [0, 0.05) is 6.54 Å². The van der Waals surface area contributed by atoms with Crippen LogP contribution in [-0.4, -0.2) is 15.5 Å². The fourth-order valence-electron chi connectivity index (χ4n) is 2.10. The van der Waals surface area contributed by atoms with E-state index in [-0.39, 0.29) is 11.1 Å². The van der Waals surface area contributed by atoms with Crippen molar-refractivity contribution in [2.45, 2.75) is 32.7 Å². The second kappa shape index (κ2) is 6.00. The maximum atomic E-state index is 12.3. The molecule has 0 amide bonds. The molecule has 0 unspecified atom stereocenters. The minimum atomic E-state index is -1.28. The normalized spacial score (nSPS) is 10.8. The molecule has 0 aliphatic heterocycles. The molecule has 0 saturated carbocycles. The first kappa shape index (κ1) is 14.5. The number of carbonyl (C=O) groups is 1. The van der Waals surface area contributed by atoms with Crippen molar-refractivity contribution in [1.29, 1.82) is 0 Å². The van der Waals surface area contributed by atoms with Crippen molar-refractivity contribution in [3.63, 3.8) is 0 Å². The number of aromatic nitrogens is 2.